The van der Waals surface area contributed by atoms with Gasteiger partial charge in [-0.15, -0.1) is 0 Å². The lowest BCUT2D eigenvalue weighted by molar-refractivity contribution is -0.148. The number of carboxylic acids is 1. The van der Waals surface area contributed by atoms with E-state index in [0.717, 1.165) is 6.42 Å². The van der Waals surface area contributed by atoms with Gasteiger partial charge in [0.2, 0.25) is 0 Å². The van der Waals surface area contributed by atoms with Gasteiger partial charge in [-0.05, 0) is 25.5 Å². The van der Waals surface area contributed by atoms with Crippen molar-refractivity contribution in [3.63, 3.8) is 0 Å². The number of carbonyl (C=O) groups excluding carboxylic acids is 1. The van der Waals surface area contributed by atoms with Gasteiger partial charge in [0.25, 0.3) is 0 Å². The zero-order valence-electron chi connectivity index (χ0n) is 9.58. The zero-order valence-corrected chi connectivity index (χ0v) is 10.4. The van der Waals surface area contributed by atoms with Crippen LogP contribution in [0.5, 0.6) is 0 Å². The molecule has 16 heavy (non-hydrogen) atoms. The maximum atomic E-state index is 11.5. The Morgan fingerprint density at radius 2 is 2.12 bits per heavy atom. The van der Waals surface area contributed by atoms with Gasteiger partial charge in [0.15, 0.2) is 0 Å². The Labute approximate surface area is 99.4 Å². The Hall–Kier alpha value is -0.910. The Bertz CT molecular complexity index is 279. The van der Waals surface area contributed by atoms with Gasteiger partial charge in [0.05, 0.1) is 0 Å². The molecular weight excluding hydrogens is 228 g/mol. The second kappa shape index (κ2) is 5.43. The van der Waals surface area contributed by atoms with Crippen LogP contribution in [0.4, 0.5) is 4.79 Å². The average Bonchev–Trinajstić information content (AvgIpc) is 2.19. The standard InChI is InChI=1S/C10H18N2O3S/c1-7(16-2)6-11-9(15)12-10(8(13)14)4-3-5-10/h7H,3-6H2,1-2H3,(H,13,14)(H2,11,12,15). The van der Waals surface area contributed by atoms with Crippen molar-refractivity contribution in [1.82, 2.24) is 10.6 Å². The molecule has 0 aromatic carbocycles. The fraction of sp³-hybridized carbons (Fsp3) is 0.800. The third-order valence-corrected chi connectivity index (χ3v) is 3.89. The van der Waals surface area contributed by atoms with Crippen molar-refractivity contribution in [1.29, 1.82) is 0 Å². The molecule has 1 saturated carbocycles. The van der Waals surface area contributed by atoms with Crippen LogP contribution in [-0.4, -0.2) is 40.7 Å². The molecule has 0 saturated heterocycles. The van der Waals surface area contributed by atoms with Gasteiger partial charge in [-0.3, -0.25) is 0 Å². The van der Waals surface area contributed by atoms with Crippen LogP contribution in [-0.2, 0) is 4.79 Å². The molecule has 1 rings (SSSR count). The highest BCUT2D eigenvalue weighted by molar-refractivity contribution is 7.99. The summed E-state index contributed by atoms with van der Waals surface area (Å²) in [5, 5.41) is 14.6. The molecule has 0 bridgehead atoms. The van der Waals surface area contributed by atoms with Crippen LogP contribution < -0.4 is 10.6 Å². The molecule has 1 atom stereocenters. The van der Waals surface area contributed by atoms with Crippen molar-refractivity contribution in [2.45, 2.75) is 37.0 Å². The van der Waals surface area contributed by atoms with E-state index in [2.05, 4.69) is 10.6 Å². The molecule has 0 aromatic heterocycles. The van der Waals surface area contributed by atoms with Gasteiger partial charge in [-0.25, -0.2) is 9.59 Å². The Morgan fingerprint density at radius 1 is 1.50 bits per heavy atom. The first-order chi connectivity index (χ1) is 7.50. The largest absolute Gasteiger partial charge is 0.480 e. The minimum absolute atomic E-state index is 0.327. The third kappa shape index (κ3) is 3.04. The molecule has 1 unspecified atom stereocenters. The van der Waals surface area contributed by atoms with Crippen molar-refractivity contribution < 1.29 is 14.7 Å². The molecule has 0 radical (unpaired) electrons. The highest BCUT2D eigenvalue weighted by Gasteiger charge is 2.45. The Balaban J connectivity index is 2.36. The van der Waals surface area contributed by atoms with E-state index in [4.69, 9.17) is 5.11 Å². The fourth-order valence-electron chi connectivity index (χ4n) is 1.50. The second-order valence-corrected chi connectivity index (χ2v) is 5.40. The number of rotatable bonds is 5. The maximum Gasteiger partial charge on any atom is 0.329 e. The van der Waals surface area contributed by atoms with E-state index in [0.29, 0.717) is 24.6 Å². The first-order valence-corrected chi connectivity index (χ1v) is 6.61. The van der Waals surface area contributed by atoms with E-state index in [-0.39, 0.29) is 6.03 Å². The minimum atomic E-state index is -1.02. The highest BCUT2D eigenvalue weighted by atomic mass is 32.2. The summed E-state index contributed by atoms with van der Waals surface area (Å²) in [7, 11) is 0. The molecule has 2 amide bonds. The quantitative estimate of drug-likeness (QED) is 0.677. The minimum Gasteiger partial charge on any atom is -0.480 e. The molecule has 5 nitrogen and oxygen atoms in total. The second-order valence-electron chi connectivity index (χ2n) is 4.12. The highest BCUT2D eigenvalue weighted by Crippen LogP contribution is 2.31. The van der Waals surface area contributed by atoms with Crippen LogP contribution in [0.2, 0.25) is 0 Å². The number of nitrogens with one attached hydrogen (secondary N) is 2. The van der Waals surface area contributed by atoms with Crippen LogP contribution >= 0.6 is 11.8 Å². The van der Waals surface area contributed by atoms with E-state index in [1.807, 2.05) is 13.2 Å². The van der Waals surface area contributed by atoms with E-state index in [1.54, 1.807) is 11.8 Å². The van der Waals surface area contributed by atoms with Gasteiger partial charge < -0.3 is 15.7 Å². The number of aliphatic carboxylic acids is 1. The molecule has 6 heteroatoms. The number of amides is 2. The zero-order chi connectivity index (χ0) is 12.2. The van der Waals surface area contributed by atoms with E-state index < -0.39 is 11.5 Å². The topological polar surface area (TPSA) is 78.4 Å². The summed E-state index contributed by atoms with van der Waals surface area (Å²) in [6, 6.07) is -0.386. The SMILES string of the molecule is CSC(C)CNC(=O)NC1(C(=O)O)CCC1. The summed E-state index contributed by atoms with van der Waals surface area (Å²) in [5.74, 6) is -0.938. The monoisotopic (exact) mass is 246 g/mol. The smallest absolute Gasteiger partial charge is 0.329 e. The summed E-state index contributed by atoms with van der Waals surface area (Å²) in [6.07, 6.45) is 3.87. The average molecular weight is 246 g/mol. The first-order valence-electron chi connectivity index (χ1n) is 5.32. The van der Waals surface area contributed by atoms with Gasteiger partial charge in [0.1, 0.15) is 5.54 Å². The van der Waals surface area contributed by atoms with E-state index >= 15 is 0 Å². The molecular formula is C10H18N2O3S. The van der Waals surface area contributed by atoms with Crippen LogP contribution in [0.1, 0.15) is 26.2 Å². The molecule has 1 fully saturated rings. The summed E-state index contributed by atoms with van der Waals surface area (Å²) in [6.45, 7) is 2.55. The first kappa shape index (κ1) is 13.2. The van der Waals surface area contributed by atoms with Crippen LogP contribution in [0.15, 0.2) is 0 Å². The predicted molar refractivity (Wildman–Crippen MR) is 63.7 cm³/mol. The summed E-state index contributed by atoms with van der Waals surface area (Å²) < 4.78 is 0. The van der Waals surface area contributed by atoms with Gasteiger partial charge in [-0.1, -0.05) is 6.92 Å². The predicted octanol–water partition coefficient (Wildman–Crippen LogP) is 1.04. The molecule has 0 heterocycles. The summed E-state index contributed by atoms with van der Waals surface area (Å²) in [5.41, 5.74) is -1.02. The molecule has 0 spiro atoms. The number of carboxylic acid groups (broad SMARTS) is 1. The van der Waals surface area contributed by atoms with Crippen LogP contribution in [0.3, 0.4) is 0 Å². The van der Waals surface area contributed by atoms with E-state index in [9.17, 15) is 9.59 Å². The molecule has 1 aliphatic carbocycles. The number of hydrogen-bond acceptors (Lipinski definition) is 3. The number of hydrogen-bond donors (Lipinski definition) is 3. The van der Waals surface area contributed by atoms with Crippen molar-refractivity contribution >= 4 is 23.8 Å². The van der Waals surface area contributed by atoms with Crippen LogP contribution in [0, 0.1) is 0 Å². The van der Waals surface area contributed by atoms with E-state index in [1.165, 1.54) is 0 Å². The molecule has 1 aliphatic rings. The maximum absolute atomic E-state index is 11.5. The summed E-state index contributed by atoms with van der Waals surface area (Å²) in [4.78, 5) is 22.5. The van der Waals surface area contributed by atoms with Gasteiger partial charge in [0, 0.05) is 11.8 Å². The van der Waals surface area contributed by atoms with Crippen LogP contribution in [0.25, 0.3) is 0 Å². The fourth-order valence-corrected chi connectivity index (χ4v) is 1.75. The van der Waals surface area contributed by atoms with Crippen molar-refractivity contribution in [2.75, 3.05) is 12.8 Å². The number of thioether (sulfide) groups is 1. The molecule has 92 valence electrons. The lowest BCUT2D eigenvalue weighted by Crippen LogP contribution is -2.61. The van der Waals surface area contributed by atoms with Gasteiger partial charge >= 0.3 is 12.0 Å². The van der Waals surface area contributed by atoms with Crippen molar-refractivity contribution in [2.24, 2.45) is 0 Å². The normalized spacial score (nSPS) is 19.4. The lowest BCUT2D eigenvalue weighted by Gasteiger charge is -2.38. The van der Waals surface area contributed by atoms with Crippen molar-refractivity contribution in [3.05, 3.63) is 0 Å². The molecule has 3 N–H and O–H groups in total. The van der Waals surface area contributed by atoms with Gasteiger partial charge in [-0.2, -0.15) is 11.8 Å². The third-order valence-electron chi connectivity index (χ3n) is 2.92. The molecule has 0 aromatic rings. The summed E-state index contributed by atoms with van der Waals surface area (Å²) >= 11 is 1.65. The van der Waals surface area contributed by atoms with Crippen molar-refractivity contribution in [3.8, 4) is 0 Å². The number of urea groups is 1. The Morgan fingerprint density at radius 3 is 2.50 bits per heavy atom. The lowest BCUT2D eigenvalue weighted by atomic mass is 9.77. The number of carbonyl (C=O) groups is 2. The molecule has 0 aliphatic heterocycles. The Kier molecular flexibility index (Phi) is 4.46.